The lowest BCUT2D eigenvalue weighted by Gasteiger charge is -2.18. The Kier molecular flexibility index (Phi) is 2.78. The SMILES string of the molecule is Cc1ccc(F)cc1-c1ccc2c(c1)OCCC2. The van der Waals surface area contributed by atoms with E-state index in [2.05, 4.69) is 12.1 Å². The predicted molar refractivity (Wildman–Crippen MR) is 70.4 cm³/mol. The highest BCUT2D eigenvalue weighted by Gasteiger charge is 2.12. The number of hydrogen-bond donors (Lipinski definition) is 0. The highest BCUT2D eigenvalue weighted by Crippen LogP contribution is 2.32. The Balaban J connectivity index is 2.09. The van der Waals surface area contributed by atoms with Gasteiger partial charge < -0.3 is 4.74 Å². The molecule has 0 saturated carbocycles. The first-order valence-corrected chi connectivity index (χ1v) is 6.26. The maximum Gasteiger partial charge on any atom is 0.123 e. The Morgan fingerprint density at radius 3 is 2.89 bits per heavy atom. The van der Waals surface area contributed by atoms with Crippen LogP contribution in [0.4, 0.5) is 4.39 Å². The van der Waals surface area contributed by atoms with Crippen molar-refractivity contribution >= 4 is 0 Å². The average Bonchev–Trinajstić information content (AvgIpc) is 2.41. The normalized spacial score (nSPS) is 13.9. The highest BCUT2D eigenvalue weighted by atomic mass is 19.1. The molecule has 0 amide bonds. The van der Waals surface area contributed by atoms with Crippen molar-refractivity contribution in [1.82, 2.24) is 0 Å². The average molecular weight is 242 g/mol. The molecule has 0 bridgehead atoms. The minimum atomic E-state index is -0.200. The number of rotatable bonds is 1. The molecule has 0 fully saturated rings. The fraction of sp³-hybridized carbons (Fsp3) is 0.250. The van der Waals surface area contributed by atoms with E-state index in [9.17, 15) is 4.39 Å². The first-order chi connectivity index (χ1) is 8.74. The van der Waals surface area contributed by atoms with Gasteiger partial charge in [0.05, 0.1) is 6.61 Å². The molecule has 1 aliphatic rings. The van der Waals surface area contributed by atoms with E-state index in [0.717, 1.165) is 41.9 Å². The van der Waals surface area contributed by atoms with Gasteiger partial charge in [-0.3, -0.25) is 0 Å². The Bertz CT molecular complexity index is 590. The summed E-state index contributed by atoms with van der Waals surface area (Å²) < 4.78 is 19.0. The molecule has 0 saturated heterocycles. The van der Waals surface area contributed by atoms with Crippen LogP contribution in [0, 0.1) is 12.7 Å². The third kappa shape index (κ3) is 1.99. The van der Waals surface area contributed by atoms with Gasteiger partial charge in [0.25, 0.3) is 0 Å². The van der Waals surface area contributed by atoms with Crippen molar-refractivity contribution in [2.24, 2.45) is 0 Å². The van der Waals surface area contributed by atoms with Crippen LogP contribution in [0.1, 0.15) is 17.5 Å². The fourth-order valence-corrected chi connectivity index (χ4v) is 2.41. The van der Waals surface area contributed by atoms with E-state index in [0.29, 0.717) is 0 Å². The third-order valence-electron chi connectivity index (χ3n) is 3.43. The molecule has 2 heteroatoms. The molecular formula is C16H15FO. The van der Waals surface area contributed by atoms with Crippen molar-refractivity contribution in [3.63, 3.8) is 0 Å². The standard InChI is InChI=1S/C16H15FO/c1-11-4-7-14(17)10-15(11)13-6-5-12-3-2-8-18-16(12)9-13/h4-7,9-10H,2-3,8H2,1H3. The number of halogens is 1. The molecule has 0 aromatic heterocycles. The van der Waals surface area contributed by atoms with Crippen LogP contribution in [0.2, 0.25) is 0 Å². The maximum absolute atomic E-state index is 13.3. The van der Waals surface area contributed by atoms with Gasteiger partial charge in [-0.05, 0) is 60.2 Å². The highest BCUT2D eigenvalue weighted by molar-refractivity contribution is 5.69. The van der Waals surface area contributed by atoms with Gasteiger partial charge in [0.15, 0.2) is 0 Å². The summed E-state index contributed by atoms with van der Waals surface area (Å²) in [5, 5.41) is 0. The lowest BCUT2D eigenvalue weighted by atomic mass is 9.97. The lowest BCUT2D eigenvalue weighted by Crippen LogP contribution is -2.08. The van der Waals surface area contributed by atoms with Crippen LogP contribution in [-0.2, 0) is 6.42 Å². The molecule has 2 aromatic carbocycles. The fourth-order valence-electron chi connectivity index (χ4n) is 2.41. The van der Waals surface area contributed by atoms with Gasteiger partial charge in [-0.25, -0.2) is 4.39 Å². The summed E-state index contributed by atoms with van der Waals surface area (Å²) in [7, 11) is 0. The van der Waals surface area contributed by atoms with Gasteiger partial charge in [-0.15, -0.1) is 0 Å². The smallest absolute Gasteiger partial charge is 0.123 e. The number of fused-ring (bicyclic) bond motifs is 1. The lowest BCUT2D eigenvalue weighted by molar-refractivity contribution is 0.288. The van der Waals surface area contributed by atoms with Crippen LogP contribution in [0.5, 0.6) is 5.75 Å². The summed E-state index contributed by atoms with van der Waals surface area (Å²) in [6, 6.07) is 11.1. The molecule has 1 nitrogen and oxygen atoms in total. The second kappa shape index (κ2) is 4.45. The summed E-state index contributed by atoms with van der Waals surface area (Å²) in [5.74, 6) is 0.747. The Morgan fingerprint density at radius 2 is 2.00 bits per heavy atom. The van der Waals surface area contributed by atoms with Gasteiger partial charge in [0.1, 0.15) is 11.6 Å². The summed E-state index contributed by atoms with van der Waals surface area (Å²) in [6.07, 6.45) is 2.14. The molecule has 0 spiro atoms. The molecule has 0 unspecified atom stereocenters. The van der Waals surface area contributed by atoms with E-state index in [1.807, 2.05) is 19.1 Å². The number of benzene rings is 2. The molecule has 0 aliphatic carbocycles. The van der Waals surface area contributed by atoms with Crippen molar-refractivity contribution in [1.29, 1.82) is 0 Å². The quantitative estimate of drug-likeness (QED) is 0.730. The zero-order chi connectivity index (χ0) is 12.5. The molecule has 0 atom stereocenters. The second-order valence-corrected chi connectivity index (χ2v) is 4.73. The first-order valence-electron chi connectivity index (χ1n) is 6.26. The van der Waals surface area contributed by atoms with Crippen LogP contribution >= 0.6 is 0 Å². The zero-order valence-corrected chi connectivity index (χ0v) is 10.4. The molecule has 3 rings (SSSR count). The first kappa shape index (κ1) is 11.3. The summed E-state index contributed by atoms with van der Waals surface area (Å²) >= 11 is 0. The molecule has 18 heavy (non-hydrogen) atoms. The van der Waals surface area contributed by atoms with Crippen LogP contribution in [-0.4, -0.2) is 6.61 Å². The van der Waals surface area contributed by atoms with Gasteiger partial charge >= 0.3 is 0 Å². The summed E-state index contributed by atoms with van der Waals surface area (Å²) in [6.45, 7) is 2.77. The number of ether oxygens (including phenoxy) is 1. The third-order valence-corrected chi connectivity index (χ3v) is 3.43. The maximum atomic E-state index is 13.3. The van der Waals surface area contributed by atoms with E-state index in [1.165, 1.54) is 11.6 Å². The summed E-state index contributed by atoms with van der Waals surface area (Å²) in [5.41, 5.74) is 4.28. The van der Waals surface area contributed by atoms with Crippen LogP contribution in [0.3, 0.4) is 0 Å². The van der Waals surface area contributed by atoms with E-state index >= 15 is 0 Å². The van der Waals surface area contributed by atoms with Gasteiger partial charge in [-0.1, -0.05) is 18.2 Å². The predicted octanol–water partition coefficient (Wildman–Crippen LogP) is 4.13. The molecule has 1 aliphatic heterocycles. The van der Waals surface area contributed by atoms with Crippen LogP contribution < -0.4 is 4.74 Å². The van der Waals surface area contributed by atoms with Crippen LogP contribution in [0.25, 0.3) is 11.1 Å². The van der Waals surface area contributed by atoms with Crippen molar-refractivity contribution in [2.45, 2.75) is 19.8 Å². The number of aryl methyl sites for hydroxylation is 2. The zero-order valence-electron chi connectivity index (χ0n) is 10.4. The number of hydrogen-bond acceptors (Lipinski definition) is 1. The molecule has 0 radical (unpaired) electrons. The Hall–Kier alpha value is -1.83. The summed E-state index contributed by atoms with van der Waals surface area (Å²) in [4.78, 5) is 0. The van der Waals surface area contributed by atoms with E-state index in [1.54, 1.807) is 6.07 Å². The van der Waals surface area contributed by atoms with E-state index in [-0.39, 0.29) is 5.82 Å². The van der Waals surface area contributed by atoms with Crippen molar-refractivity contribution in [3.05, 3.63) is 53.3 Å². The van der Waals surface area contributed by atoms with Gasteiger partial charge in [0, 0.05) is 0 Å². The second-order valence-electron chi connectivity index (χ2n) is 4.73. The minimum absolute atomic E-state index is 0.200. The topological polar surface area (TPSA) is 9.23 Å². The monoisotopic (exact) mass is 242 g/mol. The molecule has 92 valence electrons. The van der Waals surface area contributed by atoms with Gasteiger partial charge in [-0.2, -0.15) is 0 Å². The van der Waals surface area contributed by atoms with Crippen LogP contribution in [0.15, 0.2) is 36.4 Å². The minimum Gasteiger partial charge on any atom is -0.493 e. The van der Waals surface area contributed by atoms with Crippen molar-refractivity contribution in [3.8, 4) is 16.9 Å². The van der Waals surface area contributed by atoms with Crippen molar-refractivity contribution in [2.75, 3.05) is 6.61 Å². The Labute approximate surface area is 106 Å². The molecule has 2 aromatic rings. The van der Waals surface area contributed by atoms with E-state index in [4.69, 9.17) is 4.74 Å². The molecule has 1 heterocycles. The van der Waals surface area contributed by atoms with Gasteiger partial charge in [0.2, 0.25) is 0 Å². The molecular weight excluding hydrogens is 227 g/mol. The Morgan fingerprint density at radius 1 is 1.11 bits per heavy atom. The van der Waals surface area contributed by atoms with Crippen molar-refractivity contribution < 1.29 is 9.13 Å². The largest absolute Gasteiger partial charge is 0.493 e. The van der Waals surface area contributed by atoms with E-state index < -0.39 is 0 Å². The molecule has 0 N–H and O–H groups in total.